The lowest BCUT2D eigenvalue weighted by Crippen LogP contribution is -2.44. The molecule has 2 atom stereocenters. The molecule has 166 valence electrons. The van der Waals surface area contributed by atoms with Crippen molar-refractivity contribution < 1.29 is 23.6 Å². The molecule has 1 aromatic carbocycles. The van der Waals surface area contributed by atoms with Crippen molar-refractivity contribution >= 4 is 17.7 Å². The van der Waals surface area contributed by atoms with Gasteiger partial charge in [0.15, 0.2) is 0 Å². The van der Waals surface area contributed by atoms with Crippen molar-refractivity contribution in [1.82, 2.24) is 20.7 Å². The van der Waals surface area contributed by atoms with Crippen LogP contribution in [0.15, 0.2) is 41.1 Å². The van der Waals surface area contributed by atoms with Crippen LogP contribution in [-0.2, 0) is 16.1 Å². The van der Waals surface area contributed by atoms with Gasteiger partial charge in [-0.2, -0.15) is 0 Å². The van der Waals surface area contributed by atoms with Gasteiger partial charge in [-0.3, -0.25) is 14.4 Å². The van der Waals surface area contributed by atoms with Crippen molar-refractivity contribution in [3.63, 3.8) is 0 Å². The highest BCUT2D eigenvalue weighted by Crippen LogP contribution is 2.19. The molecule has 0 spiro atoms. The van der Waals surface area contributed by atoms with E-state index in [0.29, 0.717) is 32.4 Å². The zero-order valence-electron chi connectivity index (χ0n) is 17.8. The Morgan fingerprint density at radius 2 is 2.00 bits per heavy atom. The summed E-state index contributed by atoms with van der Waals surface area (Å²) in [6.07, 6.45) is 3.49. The topological polar surface area (TPSA) is 114 Å². The van der Waals surface area contributed by atoms with Crippen molar-refractivity contribution in [2.45, 2.75) is 38.3 Å². The van der Waals surface area contributed by atoms with Gasteiger partial charge < -0.3 is 24.8 Å². The molecule has 2 unspecified atom stereocenters. The maximum absolute atomic E-state index is 12.7. The van der Waals surface area contributed by atoms with Gasteiger partial charge in [0.05, 0.1) is 13.3 Å². The van der Waals surface area contributed by atoms with Gasteiger partial charge in [0.25, 0.3) is 5.91 Å². The van der Waals surface area contributed by atoms with Gasteiger partial charge in [0.2, 0.25) is 17.6 Å². The number of methoxy groups -OCH3 is 1. The number of nitrogens with one attached hydrogen (secondary N) is 2. The fraction of sp³-hybridized carbons (Fsp3) is 0.455. The molecule has 1 aromatic heterocycles. The number of aromatic nitrogens is 1. The van der Waals surface area contributed by atoms with Crippen LogP contribution in [0.4, 0.5) is 0 Å². The summed E-state index contributed by atoms with van der Waals surface area (Å²) in [4.78, 5) is 39.2. The summed E-state index contributed by atoms with van der Waals surface area (Å²) < 4.78 is 10.0. The summed E-state index contributed by atoms with van der Waals surface area (Å²) in [6.45, 7) is 0.762. The summed E-state index contributed by atoms with van der Waals surface area (Å²) >= 11 is 0. The van der Waals surface area contributed by atoms with Gasteiger partial charge in [0, 0.05) is 44.6 Å². The Hall–Kier alpha value is -3.36. The predicted octanol–water partition coefficient (Wildman–Crippen LogP) is 1.75. The number of benzene rings is 1. The largest absolute Gasteiger partial charge is 0.497 e. The number of hydrogen-bond acceptors (Lipinski definition) is 6. The second-order valence-corrected chi connectivity index (χ2v) is 7.72. The van der Waals surface area contributed by atoms with Crippen LogP contribution in [0, 0.1) is 5.92 Å². The number of nitrogens with zero attached hydrogens (tertiary/aromatic N) is 2. The van der Waals surface area contributed by atoms with Crippen LogP contribution in [0.5, 0.6) is 5.75 Å². The number of rotatable bonds is 6. The molecule has 0 radical (unpaired) electrons. The lowest BCUT2D eigenvalue weighted by molar-refractivity contribution is -0.135. The van der Waals surface area contributed by atoms with E-state index >= 15 is 0 Å². The minimum absolute atomic E-state index is 0.120. The first-order chi connectivity index (χ1) is 15.0. The molecule has 1 aliphatic rings. The van der Waals surface area contributed by atoms with Crippen LogP contribution in [0.1, 0.15) is 41.8 Å². The zero-order chi connectivity index (χ0) is 22.2. The number of hydrogen-bond donors (Lipinski definition) is 2. The fourth-order valence-electron chi connectivity index (χ4n) is 3.61. The number of carbonyl (C=O) groups excluding carboxylic acids is 3. The molecule has 1 saturated heterocycles. The maximum atomic E-state index is 12.7. The fourth-order valence-corrected chi connectivity index (χ4v) is 3.61. The van der Waals surface area contributed by atoms with Crippen molar-refractivity contribution in [3.8, 4) is 5.75 Å². The van der Waals surface area contributed by atoms with E-state index in [1.807, 2.05) is 24.3 Å². The molecular weight excluding hydrogens is 400 g/mol. The van der Waals surface area contributed by atoms with Crippen LogP contribution in [-0.4, -0.2) is 54.5 Å². The lowest BCUT2D eigenvalue weighted by Gasteiger charge is -2.24. The third-order valence-electron chi connectivity index (χ3n) is 5.44. The van der Waals surface area contributed by atoms with Gasteiger partial charge in [-0.25, -0.2) is 0 Å². The lowest BCUT2D eigenvalue weighted by atomic mass is 9.96. The monoisotopic (exact) mass is 428 g/mol. The first-order valence-corrected chi connectivity index (χ1v) is 10.3. The average molecular weight is 428 g/mol. The molecule has 1 fully saturated rings. The average Bonchev–Trinajstić information content (AvgIpc) is 3.32. The van der Waals surface area contributed by atoms with Crippen molar-refractivity contribution in [2.75, 3.05) is 20.7 Å². The second kappa shape index (κ2) is 10.6. The van der Waals surface area contributed by atoms with Gasteiger partial charge in [-0.1, -0.05) is 23.7 Å². The van der Waals surface area contributed by atoms with Crippen LogP contribution in [0.2, 0.25) is 0 Å². The van der Waals surface area contributed by atoms with E-state index in [4.69, 9.17) is 9.26 Å². The quantitative estimate of drug-likeness (QED) is 0.725. The summed E-state index contributed by atoms with van der Waals surface area (Å²) in [7, 11) is 3.29. The van der Waals surface area contributed by atoms with E-state index in [1.54, 1.807) is 19.1 Å². The van der Waals surface area contributed by atoms with Gasteiger partial charge >= 0.3 is 0 Å². The molecule has 2 aromatic rings. The standard InChI is InChI=1S/C22H28N4O5/c1-26-14-17(25-22(29)19-10-11-24-31-19)5-3-4-16(12-20(26)27)21(28)23-13-15-6-8-18(30-2)9-7-15/h6-11,16-17H,3-5,12-14H2,1-2H3,(H,23,28)(H,25,29). The minimum Gasteiger partial charge on any atom is -0.497 e. The Labute approximate surface area is 181 Å². The van der Waals surface area contributed by atoms with E-state index in [1.165, 1.54) is 12.3 Å². The third-order valence-corrected chi connectivity index (χ3v) is 5.44. The van der Waals surface area contributed by atoms with E-state index in [-0.39, 0.29) is 35.9 Å². The molecule has 0 aliphatic carbocycles. The SMILES string of the molecule is COc1ccc(CNC(=O)C2CCCC(NC(=O)c3ccno3)CN(C)C(=O)C2)cc1. The minimum atomic E-state index is -0.406. The molecule has 1 aliphatic heterocycles. The van der Waals surface area contributed by atoms with Gasteiger partial charge in [0.1, 0.15) is 5.75 Å². The molecule has 3 amide bonds. The summed E-state index contributed by atoms with van der Waals surface area (Å²) in [5, 5.41) is 9.36. The number of carbonyl (C=O) groups is 3. The van der Waals surface area contributed by atoms with Crippen molar-refractivity contribution in [3.05, 3.63) is 47.9 Å². The zero-order valence-corrected chi connectivity index (χ0v) is 17.8. The van der Waals surface area contributed by atoms with Gasteiger partial charge in [-0.15, -0.1) is 0 Å². The maximum Gasteiger partial charge on any atom is 0.290 e. The molecule has 0 saturated carbocycles. The molecule has 2 heterocycles. The third kappa shape index (κ3) is 6.31. The van der Waals surface area contributed by atoms with Crippen LogP contribution < -0.4 is 15.4 Å². The van der Waals surface area contributed by atoms with Crippen LogP contribution in [0.3, 0.4) is 0 Å². The van der Waals surface area contributed by atoms with E-state index in [0.717, 1.165) is 11.3 Å². The highest BCUT2D eigenvalue weighted by atomic mass is 16.5. The first-order valence-electron chi connectivity index (χ1n) is 10.3. The number of ether oxygens (including phenoxy) is 1. The molecule has 9 heteroatoms. The molecule has 9 nitrogen and oxygen atoms in total. The van der Waals surface area contributed by atoms with Crippen molar-refractivity contribution in [1.29, 1.82) is 0 Å². The Bertz CT molecular complexity index is 882. The molecule has 0 bridgehead atoms. The molecular formula is C22H28N4O5. The smallest absolute Gasteiger partial charge is 0.290 e. The predicted molar refractivity (Wildman–Crippen MR) is 112 cm³/mol. The number of likely N-dealkylation sites (N-methyl/N-ethyl adjacent to an activating group) is 1. The summed E-state index contributed by atoms with van der Waals surface area (Å²) in [5.74, 6) is -0.144. The van der Waals surface area contributed by atoms with Crippen LogP contribution in [0.25, 0.3) is 0 Å². The number of amides is 3. The first kappa shape index (κ1) is 22.3. The molecule has 31 heavy (non-hydrogen) atoms. The molecule has 2 N–H and O–H groups in total. The Balaban J connectivity index is 1.56. The molecule has 3 rings (SSSR count). The second-order valence-electron chi connectivity index (χ2n) is 7.72. The van der Waals surface area contributed by atoms with Gasteiger partial charge in [-0.05, 0) is 30.5 Å². The summed E-state index contributed by atoms with van der Waals surface area (Å²) in [5.41, 5.74) is 0.954. The normalized spacial score (nSPS) is 19.7. The Morgan fingerprint density at radius 3 is 2.68 bits per heavy atom. The van der Waals surface area contributed by atoms with E-state index in [9.17, 15) is 14.4 Å². The van der Waals surface area contributed by atoms with E-state index in [2.05, 4.69) is 15.8 Å². The van der Waals surface area contributed by atoms with E-state index < -0.39 is 5.92 Å². The van der Waals surface area contributed by atoms with Crippen molar-refractivity contribution in [2.24, 2.45) is 5.92 Å². The Morgan fingerprint density at radius 1 is 1.23 bits per heavy atom. The highest BCUT2D eigenvalue weighted by molar-refractivity contribution is 5.91. The van der Waals surface area contributed by atoms with Crippen LogP contribution >= 0.6 is 0 Å². The summed E-state index contributed by atoms with van der Waals surface area (Å²) in [6, 6.07) is 8.72. The Kier molecular flexibility index (Phi) is 7.64. The highest BCUT2D eigenvalue weighted by Gasteiger charge is 2.28.